The molecule has 1 unspecified atom stereocenters. The molecule has 1 aliphatic carbocycles. The lowest BCUT2D eigenvalue weighted by Crippen LogP contribution is -2.60. The third-order valence-electron chi connectivity index (χ3n) is 4.17. The van der Waals surface area contributed by atoms with Gasteiger partial charge in [-0.1, -0.05) is 6.42 Å². The fraction of sp³-hybridized carbons (Fsp3) is 1.00. The molecule has 3 heteroatoms. The number of quaternary nitrogens is 1. The average Bonchev–Trinajstić information content (AvgIpc) is 2.46. The zero-order valence-electron chi connectivity index (χ0n) is 9.17. The van der Waals surface area contributed by atoms with Crippen molar-refractivity contribution in [1.82, 2.24) is 0 Å². The van der Waals surface area contributed by atoms with Crippen LogP contribution in [0.15, 0.2) is 0 Å². The monoisotopic (exact) mass is 200 g/mol. The molecule has 14 heavy (non-hydrogen) atoms. The Morgan fingerprint density at radius 3 is 2.64 bits per heavy atom. The fourth-order valence-corrected chi connectivity index (χ4v) is 3.12. The van der Waals surface area contributed by atoms with Gasteiger partial charge in [-0.15, -0.1) is 0 Å². The topological polar surface area (TPSA) is 29.5 Å². The van der Waals surface area contributed by atoms with Crippen molar-refractivity contribution in [2.75, 3.05) is 33.4 Å². The minimum Gasteiger partial charge on any atom is -0.391 e. The summed E-state index contributed by atoms with van der Waals surface area (Å²) in [5, 5.41) is 9.13. The minimum atomic E-state index is 0.0565. The first-order valence-electron chi connectivity index (χ1n) is 5.82. The lowest BCUT2D eigenvalue weighted by atomic mass is 9.89. The first kappa shape index (κ1) is 10.4. The largest absolute Gasteiger partial charge is 0.391 e. The molecule has 1 spiro atoms. The van der Waals surface area contributed by atoms with Crippen molar-refractivity contribution in [3.05, 3.63) is 0 Å². The Kier molecular flexibility index (Phi) is 2.82. The quantitative estimate of drug-likeness (QED) is 0.677. The minimum absolute atomic E-state index is 0.0565. The highest BCUT2D eigenvalue weighted by Crippen LogP contribution is 2.41. The molecule has 0 aromatic rings. The molecule has 3 nitrogen and oxygen atoms in total. The van der Waals surface area contributed by atoms with Gasteiger partial charge >= 0.3 is 0 Å². The van der Waals surface area contributed by atoms with E-state index < -0.39 is 0 Å². The fourth-order valence-electron chi connectivity index (χ4n) is 3.12. The maximum atomic E-state index is 9.13. The third-order valence-corrected chi connectivity index (χ3v) is 4.17. The van der Waals surface area contributed by atoms with E-state index in [9.17, 15) is 0 Å². The van der Waals surface area contributed by atoms with Crippen LogP contribution in [-0.2, 0) is 4.74 Å². The number of ether oxygens (including phenoxy) is 1. The number of hydrogen-bond donors (Lipinski definition) is 1. The summed E-state index contributed by atoms with van der Waals surface area (Å²) in [4.78, 5) is 0. The van der Waals surface area contributed by atoms with Crippen LogP contribution in [0.5, 0.6) is 0 Å². The summed E-state index contributed by atoms with van der Waals surface area (Å²) in [5.41, 5.74) is 0.0565. The van der Waals surface area contributed by atoms with E-state index in [4.69, 9.17) is 9.84 Å². The van der Waals surface area contributed by atoms with Crippen molar-refractivity contribution in [2.24, 2.45) is 0 Å². The highest BCUT2D eigenvalue weighted by atomic mass is 16.5. The SMILES string of the molecule is C[N+]1(CCO)CCOC12CCCCC2. The van der Waals surface area contributed by atoms with E-state index in [1.807, 2.05) is 0 Å². The van der Waals surface area contributed by atoms with Crippen LogP contribution in [0.25, 0.3) is 0 Å². The maximum absolute atomic E-state index is 9.13. The zero-order valence-corrected chi connectivity index (χ0v) is 9.17. The van der Waals surface area contributed by atoms with Crippen LogP contribution < -0.4 is 0 Å². The Morgan fingerprint density at radius 1 is 1.29 bits per heavy atom. The van der Waals surface area contributed by atoms with Crippen LogP contribution in [0, 0.1) is 0 Å². The summed E-state index contributed by atoms with van der Waals surface area (Å²) in [7, 11) is 2.24. The van der Waals surface area contributed by atoms with Gasteiger partial charge < -0.3 is 9.84 Å². The van der Waals surface area contributed by atoms with Gasteiger partial charge in [0.15, 0.2) is 0 Å². The van der Waals surface area contributed by atoms with E-state index in [-0.39, 0.29) is 12.3 Å². The molecule has 1 saturated carbocycles. The summed E-state index contributed by atoms with van der Waals surface area (Å²) in [5.74, 6) is 0. The Bertz CT molecular complexity index is 201. The number of aliphatic hydroxyl groups excluding tert-OH is 1. The van der Waals surface area contributed by atoms with Gasteiger partial charge in [0.1, 0.15) is 19.7 Å². The van der Waals surface area contributed by atoms with Gasteiger partial charge in [0.25, 0.3) is 0 Å². The van der Waals surface area contributed by atoms with Gasteiger partial charge in [0.05, 0.1) is 13.7 Å². The summed E-state index contributed by atoms with van der Waals surface area (Å²) in [6.45, 7) is 3.07. The van der Waals surface area contributed by atoms with Gasteiger partial charge in [-0.05, 0) is 12.8 Å². The maximum Gasteiger partial charge on any atom is 0.203 e. The molecule has 0 radical (unpaired) electrons. The molecular weight excluding hydrogens is 178 g/mol. The lowest BCUT2D eigenvalue weighted by molar-refractivity contribution is -0.963. The summed E-state index contributed by atoms with van der Waals surface area (Å²) < 4.78 is 6.94. The molecule has 1 N–H and O–H groups in total. The van der Waals surface area contributed by atoms with Crippen molar-refractivity contribution < 1.29 is 14.3 Å². The van der Waals surface area contributed by atoms with E-state index in [0.29, 0.717) is 0 Å². The second-order valence-corrected chi connectivity index (χ2v) is 4.92. The van der Waals surface area contributed by atoms with Crippen molar-refractivity contribution in [1.29, 1.82) is 0 Å². The Morgan fingerprint density at radius 2 is 2.00 bits per heavy atom. The molecule has 1 heterocycles. The summed E-state index contributed by atoms with van der Waals surface area (Å²) in [6, 6.07) is 0. The number of nitrogens with zero attached hydrogens (tertiary/aromatic N) is 1. The molecule has 82 valence electrons. The highest BCUT2D eigenvalue weighted by molar-refractivity contribution is 4.79. The number of likely N-dealkylation sites (N-methyl/N-ethyl adjacent to an activating group) is 1. The van der Waals surface area contributed by atoms with E-state index in [0.717, 1.165) is 24.2 Å². The molecule has 2 rings (SSSR count). The smallest absolute Gasteiger partial charge is 0.203 e. The average molecular weight is 200 g/mol. The summed E-state index contributed by atoms with van der Waals surface area (Å²) in [6.07, 6.45) is 6.30. The summed E-state index contributed by atoms with van der Waals surface area (Å²) >= 11 is 0. The van der Waals surface area contributed by atoms with Gasteiger partial charge in [0, 0.05) is 12.8 Å². The predicted molar refractivity (Wildman–Crippen MR) is 54.8 cm³/mol. The van der Waals surface area contributed by atoms with Gasteiger partial charge in [-0.25, -0.2) is 0 Å². The molecule has 1 aliphatic heterocycles. The Labute approximate surface area is 86.3 Å². The van der Waals surface area contributed by atoms with Gasteiger partial charge in [-0.3, -0.25) is 4.48 Å². The first-order chi connectivity index (χ1) is 6.72. The molecule has 0 amide bonds. The van der Waals surface area contributed by atoms with Crippen LogP contribution >= 0.6 is 0 Å². The third kappa shape index (κ3) is 1.47. The number of aliphatic hydroxyl groups is 1. The number of hydrogen-bond acceptors (Lipinski definition) is 2. The molecule has 1 saturated heterocycles. The standard InChI is InChI=1S/C11H22NO2/c1-12(7-9-13)8-10-14-11(12)5-3-2-4-6-11/h13H,2-10H2,1H3/q+1. The van der Waals surface area contributed by atoms with Crippen LogP contribution in [0.2, 0.25) is 0 Å². The van der Waals surface area contributed by atoms with Crippen LogP contribution in [-0.4, -0.2) is 48.7 Å². The van der Waals surface area contributed by atoms with Gasteiger partial charge in [-0.2, -0.15) is 0 Å². The highest BCUT2D eigenvalue weighted by Gasteiger charge is 2.53. The molecule has 2 fully saturated rings. The van der Waals surface area contributed by atoms with Crippen LogP contribution in [0.1, 0.15) is 32.1 Å². The first-order valence-corrected chi connectivity index (χ1v) is 5.82. The van der Waals surface area contributed by atoms with Gasteiger partial charge in [0.2, 0.25) is 5.72 Å². The predicted octanol–water partition coefficient (Wildman–Crippen LogP) is 1.12. The van der Waals surface area contributed by atoms with Crippen molar-refractivity contribution >= 4 is 0 Å². The molecule has 2 aliphatic rings. The van der Waals surface area contributed by atoms with Crippen molar-refractivity contribution in [2.45, 2.75) is 37.8 Å². The molecule has 0 bridgehead atoms. The van der Waals surface area contributed by atoms with Crippen molar-refractivity contribution in [3.63, 3.8) is 0 Å². The lowest BCUT2D eigenvalue weighted by Gasteiger charge is -2.46. The molecule has 1 atom stereocenters. The van der Waals surface area contributed by atoms with Crippen LogP contribution in [0.4, 0.5) is 0 Å². The normalized spacial score (nSPS) is 36.4. The van der Waals surface area contributed by atoms with E-state index in [1.165, 1.54) is 32.1 Å². The number of rotatable bonds is 2. The molecule has 0 aromatic heterocycles. The second kappa shape index (κ2) is 3.80. The van der Waals surface area contributed by atoms with E-state index in [2.05, 4.69) is 7.05 Å². The zero-order chi connectivity index (χ0) is 10.1. The Hall–Kier alpha value is -0.120. The van der Waals surface area contributed by atoms with E-state index >= 15 is 0 Å². The molecular formula is C11H22NO2+. The van der Waals surface area contributed by atoms with Crippen LogP contribution in [0.3, 0.4) is 0 Å². The molecule has 0 aromatic carbocycles. The van der Waals surface area contributed by atoms with Crippen molar-refractivity contribution in [3.8, 4) is 0 Å². The van der Waals surface area contributed by atoms with E-state index in [1.54, 1.807) is 0 Å². The Balaban J connectivity index is 2.14. The second-order valence-electron chi connectivity index (χ2n) is 4.92.